The van der Waals surface area contributed by atoms with Crippen LogP contribution in [0.3, 0.4) is 0 Å². The zero-order valence-electron chi connectivity index (χ0n) is 12.9. The van der Waals surface area contributed by atoms with E-state index in [1.54, 1.807) is 27.7 Å². The highest BCUT2D eigenvalue weighted by Gasteiger charge is 2.33. The Morgan fingerprint density at radius 2 is 1.86 bits per heavy atom. The van der Waals surface area contributed by atoms with E-state index in [9.17, 15) is 4.79 Å². The summed E-state index contributed by atoms with van der Waals surface area (Å²) in [6, 6.07) is 9.47. The zero-order chi connectivity index (χ0) is 16.1. The molecule has 21 heavy (non-hydrogen) atoms. The molecule has 1 rings (SSSR count). The molecule has 0 saturated heterocycles. The molecule has 0 heterocycles. The summed E-state index contributed by atoms with van der Waals surface area (Å²) in [5, 5.41) is 14.7. The number of carbonyl (C=O) groups excluding carboxylic acids is 1. The van der Waals surface area contributed by atoms with E-state index in [1.165, 1.54) is 0 Å². The van der Waals surface area contributed by atoms with E-state index in [0.717, 1.165) is 5.56 Å². The molecule has 4 N–H and O–H groups in total. The molecule has 0 saturated carbocycles. The van der Waals surface area contributed by atoms with E-state index in [4.69, 9.17) is 15.7 Å². The lowest BCUT2D eigenvalue weighted by Gasteiger charge is -2.31. The Labute approximate surface area is 125 Å². The Morgan fingerprint density at radius 3 is 2.33 bits per heavy atom. The average molecular weight is 293 g/mol. The summed E-state index contributed by atoms with van der Waals surface area (Å²) in [6.45, 7) is 6.98. The fraction of sp³-hybridized carbons (Fsp3) is 0.467. The first kappa shape index (κ1) is 16.8. The van der Waals surface area contributed by atoms with E-state index in [-0.39, 0.29) is 5.84 Å². The molecule has 1 atom stereocenters. The van der Waals surface area contributed by atoms with Gasteiger partial charge in [-0.25, -0.2) is 4.79 Å². The maximum absolute atomic E-state index is 12.0. The van der Waals surface area contributed by atoms with Crippen LogP contribution in [0, 0.1) is 0 Å². The van der Waals surface area contributed by atoms with Gasteiger partial charge in [-0.15, -0.1) is 0 Å². The topological polar surface area (TPSA) is 96.9 Å². The van der Waals surface area contributed by atoms with Crippen molar-refractivity contribution in [2.45, 2.75) is 45.3 Å². The molecule has 6 nitrogen and oxygen atoms in total. The smallest absolute Gasteiger partial charge is 0.408 e. The number of alkyl carbamates (subject to hydrolysis) is 1. The monoisotopic (exact) mass is 293 g/mol. The predicted octanol–water partition coefficient (Wildman–Crippen LogP) is 2.26. The second-order valence-electron chi connectivity index (χ2n) is 6.11. The molecule has 0 spiro atoms. The SMILES string of the molecule is CC(C)(C)OC(=O)N[C@@](C)(Cc1ccccc1)/C(N)=N/O. The molecular formula is C15H23N3O3. The molecule has 1 aromatic rings. The van der Waals surface area contributed by atoms with Crippen LogP contribution in [-0.4, -0.2) is 28.3 Å². The second kappa shape index (κ2) is 6.47. The van der Waals surface area contributed by atoms with Crippen LogP contribution in [0.5, 0.6) is 0 Å². The predicted molar refractivity (Wildman–Crippen MR) is 81.3 cm³/mol. The quantitative estimate of drug-likeness (QED) is 0.343. The number of carbonyl (C=O) groups is 1. The summed E-state index contributed by atoms with van der Waals surface area (Å²) >= 11 is 0. The zero-order valence-corrected chi connectivity index (χ0v) is 12.9. The van der Waals surface area contributed by atoms with Crippen molar-refractivity contribution >= 4 is 11.9 Å². The third-order valence-electron chi connectivity index (χ3n) is 2.85. The van der Waals surface area contributed by atoms with Gasteiger partial charge in [0, 0.05) is 6.42 Å². The van der Waals surface area contributed by atoms with Crippen LogP contribution in [0.2, 0.25) is 0 Å². The summed E-state index contributed by atoms with van der Waals surface area (Å²) in [6.07, 6.45) is -0.240. The van der Waals surface area contributed by atoms with Crippen LogP contribution in [0.1, 0.15) is 33.3 Å². The van der Waals surface area contributed by atoms with Crippen molar-refractivity contribution in [3.05, 3.63) is 35.9 Å². The highest BCUT2D eigenvalue weighted by atomic mass is 16.6. The average Bonchev–Trinajstić information content (AvgIpc) is 2.36. The number of nitrogens with zero attached hydrogens (tertiary/aromatic N) is 1. The van der Waals surface area contributed by atoms with Gasteiger partial charge < -0.3 is 21.0 Å². The highest BCUT2D eigenvalue weighted by Crippen LogP contribution is 2.15. The third kappa shape index (κ3) is 5.33. The van der Waals surface area contributed by atoms with Crippen molar-refractivity contribution in [3.8, 4) is 0 Å². The number of hydrogen-bond donors (Lipinski definition) is 3. The molecule has 0 unspecified atom stereocenters. The highest BCUT2D eigenvalue weighted by molar-refractivity contribution is 5.92. The van der Waals surface area contributed by atoms with Gasteiger partial charge in [0.15, 0.2) is 5.84 Å². The van der Waals surface area contributed by atoms with Crippen molar-refractivity contribution in [3.63, 3.8) is 0 Å². The van der Waals surface area contributed by atoms with E-state index >= 15 is 0 Å². The first-order valence-electron chi connectivity index (χ1n) is 6.69. The van der Waals surface area contributed by atoms with Gasteiger partial charge in [-0.05, 0) is 33.3 Å². The van der Waals surface area contributed by atoms with Gasteiger partial charge in [-0.1, -0.05) is 35.5 Å². The van der Waals surface area contributed by atoms with Crippen LogP contribution in [0.25, 0.3) is 0 Å². The maximum Gasteiger partial charge on any atom is 0.408 e. The minimum absolute atomic E-state index is 0.0859. The van der Waals surface area contributed by atoms with Gasteiger partial charge in [-0.2, -0.15) is 0 Å². The van der Waals surface area contributed by atoms with Gasteiger partial charge in [-0.3, -0.25) is 0 Å². The van der Waals surface area contributed by atoms with Crippen molar-refractivity contribution in [1.82, 2.24) is 5.32 Å². The summed E-state index contributed by atoms with van der Waals surface area (Å²) in [5.74, 6) is -0.0859. The lowest BCUT2D eigenvalue weighted by Crippen LogP contribution is -2.57. The number of hydrogen-bond acceptors (Lipinski definition) is 4. The number of amides is 1. The number of ether oxygens (including phenoxy) is 1. The summed E-state index contributed by atoms with van der Waals surface area (Å²) in [5.41, 5.74) is 5.02. The molecule has 0 aliphatic heterocycles. The van der Waals surface area contributed by atoms with Crippen LogP contribution in [0.4, 0.5) is 4.79 Å². The summed E-state index contributed by atoms with van der Waals surface area (Å²) in [7, 11) is 0. The first-order valence-corrected chi connectivity index (χ1v) is 6.69. The Hall–Kier alpha value is -2.24. The fourth-order valence-corrected chi connectivity index (χ4v) is 1.84. The minimum Gasteiger partial charge on any atom is -0.444 e. The molecule has 6 heteroatoms. The normalized spacial score (nSPS) is 15.1. The lowest BCUT2D eigenvalue weighted by atomic mass is 9.92. The largest absolute Gasteiger partial charge is 0.444 e. The van der Waals surface area contributed by atoms with Crippen molar-refractivity contribution in [2.75, 3.05) is 0 Å². The Bertz CT molecular complexity index is 509. The van der Waals surface area contributed by atoms with Gasteiger partial charge in [0.2, 0.25) is 0 Å². The number of nitrogens with one attached hydrogen (secondary N) is 1. The van der Waals surface area contributed by atoms with Crippen LogP contribution < -0.4 is 11.1 Å². The maximum atomic E-state index is 12.0. The first-order chi connectivity index (χ1) is 9.66. The Kier molecular flexibility index (Phi) is 5.18. The second-order valence-corrected chi connectivity index (χ2v) is 6.11. The summed E-state index contributed by atoms with van der Waals surface area (Å²) < 4.78 is 5.22. The molecule has 0 fully saturated rings. The standard InChI is InChI=1S/C15H23N3O3/c1-14(2,3)21-13(19)17-15(4,12(16)18-20)10-11-8-6-5-7-9-11/h5-9,20H,10H2,1-4H3,(H2,16,18)(H,17,19)/t15-/m0/s1. The molecule has 1 amide bonds. The molecule has 0 radical (unpaired) electrons. The molecule has 0 aromatic heterocycles. The Morgan fingerprint density at radius 1 is 1.29 bits per heavy atom. The van der Waals surface area contributed by atoms with Gasteiger partial charge >= 0.3 is 6.09 Å². The Balaban J connectivity index is 2.92. The van der Waals surface area contributed by atoms with E-state index < -0.39 is 17.2 Å². The number of rotatable bonds is 4. The lowest BCUT2D eigenvalue weighted by molar-refractivity contribution is 0.0490. The molecular weight excluding hydrogens is 270 g/mol. The molecule has 0 bridgehead atoms. The number of nitrogens with two attached hydrogens (primary N) is 1. The molecule has 0 aliphatic carbocycles. The molecule has 116 valence electrons. The van der Waals surface area contributed by atoms with Crippen molar-refractivity contribution in [2.24, 2.45) is 10.9 Å². The molecule has 0 aliphatic rings. The third-order valence-corrected chi connectivity index (χ3v) is 2.85. The van der Waals surface area contributed by atoms with Crippen LogP contribution in [-0.2, 0) is 11.2 Å². The van der Waals surface area contributed by atoms with Crippen LogP contribution >= 0.6 is 0 Å². The van der Waals surface area contributed by atoms with E-state index in [0.29, 0.717) is 6.42 Å². The van der Waals surface area contributed by atoms with Gasteiger partial charge in [0.05, 0.1) is 0 Å². The minimum atomic E-state index is -1.04. The number of amidine groups is 1. The molecule has 1 aromatic carbocycles. The van der Waals surface area contributed by atoms with Gasteiger partial charge in [0.1, 0.15) is 11.1 Å². The number of oxime groups is 1. The van der Waals surface area contributed by atoms with Crippen molar-refractivity contribution in [1.29, 1.82) is 0 Å². The van der Waals surface area contributed by atoms with Crippen molar-refractivity contribution < 1.29 is 14.7 Å². The van der Waals surface area contributed by atoms with E-state index in [1.807, 2.05) is 30.3 Å². The fourth-order valence-electron chi connectivity index (χ4n) is 1.84. The van der Waals surface area contributed by atoms with Gasteiger partial charge in [0.25, 0.3) is 0 Å². The number of benzene rings is 1. The van der Waals surface area contributed by atoms with E-state index in [2.05, 4.69) is 10.5 Å². The summed E-state index contributed by atoms with van der Waals surface area (Å²) in [4.78, 5) is 12.0. The van der Waals surface area contributed by atoms with Crippen LogP contribution in [0.15, 0.2) is 35.5 Å².